The Morgan fingerprint density at radius 2 is 0.553 bits per heavy atom. The Morgan fingerprint density at radius 1 is 0.319 bits per heavy atom. The van der Waals surface area contributed by atoms with E-state index in [0.29, 0.717) is 92.5 Å². The molecule has 47 heavy (non-hydrogen) atoms. The molecule has 0 N–H and O–H groups in total. The SMILES string of the molecule is CCCCCCCCCCCCCCCCCCOCCOCCOCCOCCOCCOCCOCCO[Si](C)(C)C(C)(C)C. The first-order valence-corrected chi connectivity index (χ1v) is 22.4. The summed E-state index contributed by atoms with van der Waals surface area (Å²) in [7, 11) is -1.69. The molecule has 0 radical (unpaired) electrons. The van der Waals surface area contributed by atoms with Gasteiger partial charge in [0.25, 0.3) is 0 Å². The first-order valence-electron chi connectivity index (χ1n) is 19.5. The lowest BCUT2D eigenvalue weighted by Gasteiger charge is -2.36. The Hall–Kier alpha value is -0.103. The van der Waals surface area contributed by atoms with Gasteiger partial charge in [-0.2, -0.15) is 0 Å². The second-order valence-electron chi connectivity index (χ2n) is 14.2. The minimum absolute atomic E-state index is 0.227. The third kappa shape index (κ3) is 35.5. The van der Waals surface area contributed by atoms with E-state index < -0.39 is 8.32 Å². The molecular formula is C38H80O8Si. The number of hydrogen-bond acceptors (Lipinski definition) is 8. The van der Waals surface area contributed by atoms with E-state index in [2.05, 4.69) is 40.8 Å². The van der Waals surface area contributed by atoms with E-state index in [1.165, 1.54) is 96.3 Å². The second kappa shape index (κ2) is 35.7. The van der Waals surface area contributed by atoms with Gasteiger partial charge in [-0.1, -0.05) is 124 Å². The predicted molar refractivity (Wildman–Crippen MR) is 198 cm³/mol. The molecule has 0 saturated carbocycles. The summed E-state index contributed by atoms with van der Waals surface area (Å²) in [4.78, 5) is 0. The molecule has 0 aliphatic heterocycles. The predicted octanol–water partition coefficient (Wildman–Crippen LogP) is 9.39. The van der Waals surface area contributed by atoms with Crippen molar-refractivity contribution in [3.05, 3.63) is 0 Å². The van der Waals surface area contributed by atoms with Gasteiger partial charge in [-0.05, 0) is 24.6 Å². The molecule has 0 fully saturated rings. The van der Waals surface area contributed by atoms with Gasteiger partial charge >= 0.3 is 0 Å². The van der Waals surface area contributed by atoms with Crippen molar-refractivity contribution in [1.29, 1.82) is 0 Å². The zero-order valence-corrected chi connectivity index (χ0v) is 33.2. The van der Waals surface area contributed by atoms with E-state index in [0.717, 1.165) is 13.0 Å². The smallest absolute Gasteiger partial charge is 0.192 e. The summed E-state index contributed by atoms with van der Waals surface area (Å²) < 4.78 is 45.1. The molecule has 0 aromatic rings. The monoisotopic (exact) mass is 693 g/mol. The van der Waals surface area contributed by atoms with E-state index in [-0.39, 0.29) is 5.04 Å². The maximum atomic E-state index is 6.09. The molecule has 0 saturated heterocycles. The zero-order chi connectivity index (χ0) is 34.6. The lowest BCUT2D eigenvalue weighted by atomic mass is 10.0. The van der Waals surface area contributed by atoms with Gasteiger partial charge in [0.05, 0.1) is 92.5 Å². The van der Waals surface area contributed by atoms with Gasteiger partial charge in [-0.15, -0.1) is 0 Å². The fourth-order valence-electron chi connectivity index (χ4n) is 4.75. The second-order valence-corrected chi connectivity index (χ2v) is 19.0. The van der Waals surface area contributed by atoms with Crippen LogP contribution in [0.1, 0.15) is 130 Å². The average molecular weight is 693 g/mol. The van der Waals surface area contributed by atoms with Gasteiger partial charge in [0.1, 0.15) is 0 Å². The van der Waals surface area contributed by atoms with Crippen molar-refractivity contribution in [2.75, 3.05) is 99.1 Å². The number of rotatable bonds is 39. The van der Waals surface area contributed by atoms with E-state index in [1.807, 2.05) is 0 Å². The van der Waals surface area contributed by atoms with Crippen LogP contribution in [0.15, 0.2) is 0 Å². The highest BCUT2D eigenvalue weighted by molar-refractivity contribution is 6.74. The highest BCUT2D eigenvalue weighted by atomic mass is 28.4. The Bertz CT molecular complexity index is 603. The third-order valence-electron chi connectivity index (χ3n) is 8.87. The Morgan fingerprint density at radius 3 is 0.830 bits per heavy atom. The first-order chi connectivity index (χ1) is 22.8. The first kappa shape index (κ1) is 46.9. The van der Waals surface area contributed by atoms with Crippen LogP contribution < -0.4 is 0 Å². The third-order valence-corrected chi connectivity index (χ3v) is 13.4. The van der Waals surface area contributed by atoms with Crippen LogP contribution in [0.4, 0.5) is 0 Å². The van der Waals surface area contributed by atoms with Crippen molar-refractivity contribution in [3.63, 3.8) is 0 Å². The molecule has 0 bridgehead atoms. The highest BCUT2D eigenvalue weighted by Gasteiger charge is 2.36. The van der Waals surface area contributed by atoms with Crippen molar-refractivity contribution in [2.45, 2.75) is 149 Å². The van der Waals surface area contributed by atoms with Crippen LogP contribution >= 0.6 is 0 Å². The van der Waals surface area contributed by atoms with Crippen molar-refractivity contribution < 1.29 is 37.6 Å². The maximum absolute atomic E-state index is 6.09. The maximum Gasteiger partial charge on any atom is 0.192 e. The summed E-state index contributed by atoms with van der Waals surface area (Å²) in [6.07, 6.45) is 22.3. The molecule has 0 aromatic heterocycles. The molecule has 0 heterocycles. The van der Waals surface area contributed by atoms with Crippen LogP contribution in [0.5, 0.6) is 0 Å². The fourth-order valence-corrected chi connectivity index (χ4v) is 5.77. The molecule has 9 heteroatoms. The summed E-state index contributed by atoms with van der Waals surface area (Å²) in [6.45, 7) is 22.5. The molecular weight excluding hydrogens is 612 g/mol. The fraction of sp³-hybridized carbons (Fsp3) is 1.00. The lowest BCUT2D eigenvalue weighted by Crippen LogP contribution is -2.41. The van der Waals surface area contributed by atoms with Gasteiger partial charge < -0.3 is 37.6 Å². The van der Waals surface area contributed by atoms with Gasteiger partial charge in [-0.25, -0.2) is 0 Å². The van der Waals surface area contributed by atoms with Crippen molar-refractivity contribution >= 4 is 8.32 Å². The van der Waals surface area contributed by atoms with Gasteiger partial charge in [-0.3, -0.25) is 0 Å². The van der Waals surface area contributed by atoms with Crippen LogP contribution in [0.25, 0.3) is 0 Å². The molecule has 0 aliphatic carbocycles. The molecule has 0 aromatic carbocycles. The van der Waals surface area contributed by atoms with Crippen LogP contribution in [0.2, 0.25) is 18.1 Å². The molecule has 0 rings (SSSR count). The quantitative estimate of drug-likeness (QED) is 0.0466. The molecule has 284 valence electrons. The summed E-state index contributed by atoms with van der Waals surface area (Å²) >= 11 is 0. The summed E-state index contributed by atoms with van der Waals surface area (Å²) in [5, 5.41) is 0.227. The summed E-state index contributed by atoms with van der Waals surface area (Å²) in [5.74, 6) is 0. The van der Waals surface area contributed by atoms with E-state index >= 15 is 0 Å². The average Bonchev–Trinajstić information content (AvgIpc) is 3.03. The Labute approximate surface area is 293 Å². The Kier molecular flexibility index (Phi) is 35.6. The normalized spacial score (nSPS) is 12.4. The summed E-state index contributed by atoms with van der Waals surface area (Å²) in [6, 6.07) is 0. The zero-order valence-electron chi connectivity index (χ0n) is 32.2. The highest BCUT2D eigenvalue weighted by Crippen LogP contribution is 2.36. The number of ether oxygens (including phenoxy) is 7. The standard InChI is InChI=1S/C38H80O8Si/c1-7-8-9-10-11-12-13-14-15-16-17-18-19-20-21-22-23-39-24-25-40-26-27-41-28-29-42-30-31-43-32-33-44-34-35-45-36-37-46-47(5,6)38(2,3)4/h7-37H2,1-6H3. The molecule has 8 nitrogen and oxygen atoms in total. The molecule has 0 unspecified atom stereocenters. The van der Waals surface area contributed by atoms with Crippen molar-refractivity contribution in [2.24, 2.45) is 0 Å². The molecule has 0 atom stereocenters. The molecule has 0 aliphatic rings. The van der Waals surface area contributed by atoms with Crippen LogP contribution in [0.3, 0.4) is 0 Å². The number of hydrogen-bond donors (Lipinski definition) is 0. The lowest BCUT2D eigenvalue weighted by molar-refractivity contribution is -0.0214. The largest absolute Gasteiger partial charge is 0.414 e. The molecule has 0 spiro atoms. The van der Waals surface area contributed by atoms with Gasteiger partial charge in [0.15, 0.2) is 8.32 Å². The van der Waals surface area contributed by atoms with Gasteiger partial charge in [0.2, 0.25) is 0 Å². The summed E-state index contributed by atoms with van der Waals surface area (Å²) in [5.41, 5.74) is 0. The van der Waals surface area contributed by atoms with Crippen LogP contribution in [-0.2, 0) is 37.6 Å². The van der Waals surface area contributed by atoms with Crippen molar-refractivity contribution in [1.82, 2.24) is 0 Å². The molecule has 0 amide bonds. The van der Waals surface area contributed by atoms with Crippen LogP contribution in [0, 0.1) is 0 Å². The van der Waals surface area contributed by atoms with Crippen molar-refractivity contribution in [3.8, 4) is 0 Å². The van der Waals surface area contributed by atoms with E-state index in [1.54, 1.807) is 0 Å². The van der Waals surface area contributed by atoms with E-state index in [4.69, 9.17) is 37.6 Å². The number of unbranched alkanes of at least 4 members (excludes halogenated alkanes) is 15. The minimum atomic E-state index is -1.69. The minimum Gasteiger partial charge on any atom is -0.414 e. The topological polar surface area (TPSA) is 73.8 Å². The Balaban J connectivity index is 3.11. The van der Waals surface area contributed by atoms with Crippen LogP contribution in [-0.4, -0.2) is 107 Å². The van der Waals surface area contributed by atoms with Gasteiger partial charge in [0, 0.05) is 6.61 Å². The van der Waals surface area contributed by atoms with E-state index in [9.17, 15) is 0 Å².